The molecule has 1 radical (unpaired) electrons. The molecule has 0 aliphatic heterocycles. The molecule has 4 heteroatoms. The van der Waals surface area contributed by atoms with Crippen molar-refractivity contribution in [1.82, 2.24) is 4.98 Å². The maximum absolute atomic E-state index is 10.6. The predicted octanol–water partition coefficient (Wildman–Crippen LogP) is 0.379. The third kappa shape index (κ3) is 1.95. The van der Waals surface area contributed by atoms with E-state index in [1.807, 2.05) is 6.92 Å². The van der Waals surface area contributed by atoms with Crippen molar-refractivity contribution in [2.45, 2.75) is 6.92 Å². The van der Waals surface area contributed by atoms with Crippen LogP contribution in [0.5, 0.6) is 5.75 Å². The molecule has 1 amide bonds. The highest BCUT2D eigenvalue weighted by Crippen LogP contribution is 2.08. The zero-order chi connectivity index (χ0) is 8.97. The standard InChI is InChI=1S/C8H9N2O2/c1-2-12-6-3-4-10-7(5-6)8(9)11/h3-4H,2H2,1H3,(H2,9,11). The van der Waals surface area contributed by atoms with Gasteiger partial charge in [0, 0.05) is 6.20 Å². The first-order valence-corrected chi connectivity index (χ1v) is 3.55. The van der Waals surface area contributed by atoms with Crippen LogP contribution < -0.4 is 10.5 Å². The minimum atomic E-state index is -0.600. The highest BCUT2D eigenvalue weighted by Gasteiger charge is 2.03. The molecule has 0 aliphatic carbocycles. The van der Waals surface area contributed by atoms with Crippen molar-refractivity contribution in [3.05, 3.63) is 24.0 Å². The fourth-order valence-corrected chi connectivity index (χ4v) is 0.735. The SMILES string of the molecule is CCOc1[c]c(C(N)=O)ncc1. The Morgan fingerprint density at radius 1 is 1.83 bits per heavy atom. The van der Waals surface area contributed by atoms with Crippen LogP contribution in [-0.2, 0) is 0 Å². The van der Waals surface area contributed by atoms with Gasteiger partial charge in [-0.05, 0) is 13.0 Å². The predicted molar refractivity (Wildman–Crippen MR) is 42.8 cm³/mol. The molecule has 0 aliphatic rings. The molecule has 0 fully saturated rings. The molecular formula is C8H9N2O2. The Hall–Kier alpha value is -1.58. The van der Waals surface area contributed by atoms with Crippen molar-refractivity contribution in [3.8, 4) is 5.75 Å². The van der Waals surface area contributed by atoms with Gasteiger partial charge < -0.3 is 10.5 Å². The van der Waals surface area contributed by atoms with Crippen molar-refractivity contribution >= 4 is 5.91 Å². The van der Waals surface area contributed by atoms with Gasteiger partial charge in [0.15, 0.2) is 0 Å². The Morgan fingerprint density at radius 2 is 2.58 bits per heavy atom. The lowest BCUT2D eigenvalue weighted by Crippen LogP contribution is -2.13. The lowest BCUT2D eigenvalue weighted by atomic mass is 10.3. The third-order valence-corrected chi connectivity index (χ3v) is 1.20. The Bertz CT molecular complexity index is 286. The van der Waals surface area contributed by atoms with E-state index in [2.05, 4.69) is 11.1 Å². The number of nitrogens with zero attached hydrogens (tertiary/aromatic N) is 1. The molecule has 0 spiro atoms. The number of nitrogens with two attached hydrogens (primary N) is 1. The largest absolute Gasteiger partial charge is 0.493 e. The molecule has 2 N–H and O–H groups in total. The topological polar surface area (TPSA) is 65.2 Å². The minimum Gasteiger partial charge on any atom is -0.493 e. The van der Waals surface area contributed by atoms with E-state index in [9.17, 15) is 4.79 Å². The Labute approximate surface area is 70.4 Å². The van der Waals surface area contributed by atoms with Gasteiger partial charge >= 0.3 is 0 Å². The highest BCUT2D eigenvalue weighted by atomic mass is 16.5. The van der Waals surface area contributed by atoms with E-state index in [0.29, 0.717) is 12.4 Å². The summed E-state index contributed by atoms with van der Waals surface area (Å²) in [4.78, 5) is 14.3. The van der Waals surface area contributed by atoms with E-state index in [1.165, 1.54) is 6.20 Å². The van der Waals surface area contributed by atoms with Gasteiger partial charge in [-0.3, -0.25) is 9.78 Å². The van der Waals surface area contributed by atoms with E-state index in [4.69, 9.17) is 10.5 Å². The molecular weight excluding hydrogens is 156 g/mol. The molecule has 1 rings (SSSR count). The van der Waals surface area contributed by atoms with Gasteiger partial charge in [0.1, 0.15) is 11.4 Å². The summed E-state index contributed by atoms with van der Waals surface area (Å²) in [5, 5.41) is 0. The molecule has 1 aromatic rings. The summed E-state index contributed by atoms with van der Waals surface area (Å²) >= 11 is 0. The zero-order valence-corrected chi connectivity index (χ0v) is 6.70. The number of amides is 1. The third-order valence-electron chi connectivity index (χ3n) is 1.20. The van der Waals surface area contributed by atoms with Crippen LogP contribution in [0.4, 0.5) is 0 Å². The van der Waals surface area contributed by atoms with Crippen LogP contribution in [0.2, 0.25) is 0 Å². The number of carbonyl (C=O) groups is 1. The lowest BCUT2D eigenvalue weighted by Gasteiger charge is -2.01. The number of hydrogen-bond acceptors (Lipinski definition) is 3. The minimum absolute atomic E-state index is 0.0981. The van der Waals surface area contributed by atoms with E-state index in [0.717, 1.165) is 0 Å². The van der Waals surface area contributed by atoms with Gasteiger partial charge in [-0.25, -0.2) is 0 Å². The number of pyridine rings is 1. The summed E-state index contributed by atoms with van der Waals surface area (Å²) in [6.07, 6.45) is 1.46. The molecule has 63 valence electrons. The number of primary amides is 1. The van der Waals surface area contributed by atoms with Crippen molar-refractivity contribution < 1.29 is 9.53 Å². The van der Waals surface area contributed by atoms with Crippen LogP contribution in [0.1, 0.15) is 17.4 Å². The second-order valence-corrected chi connectivity index (χ2v) is 2.08. The normalized spacial score (nSPS) is 9.42. The molecule has 12 heavy (non-hydrogen) atoms. The fourth-order valence-electron chi connectivity index (χ4n) is 0.735. The van der Waals surface area contributed by atoms with E-state index in [-0.39, 0.29) is 5.69 Å². The molecule has 0 unspecified atom stereocenters. The zero-order valence-electron chi connectivity index (χ0n) is 6.70. The number of aromatic nitrogens is 1. The van der Waals surface area contributed by atoms with Crippen LogP contribution in [-0.4, -0.2) is 17.5 Å². The summed E-state index contributed by atoms with van der Waals surface area (Å²) in [6, 6.07) is 4.26. The van der Waals surface area contributed by atoms with Crippen LogP contribution >= 0.6 is 0 Å². The summed E-state index contributed by atoms with van der Waals surface area (Å²) < 4.78 is 5.09. The molecule has 0 aromatic carbocycles. The molecule has 1 heterocycles. The number of rotatable bonds is 3. The van der Waals surface area contributed by atoms with Gasteiger partial charge in [0.2, 0.25) is 0 Å². The van der Waals surface area contributed by atoms with Crippen molar-refractivity contribution in [1.29, 1.82) is 0 Å². The smallest absolute Gasteiger partial charge is 0.268 e. The van der Waals surface area contributed by atoms with Crippen LogP contribution in [0.3, 0.4) is 0 Å². The fraction of sp³-hybridized carbons (Fsp3) is 0.250. The number of ether oxygens (including phenoxy) is 1. The molecule has 4 nitrogen and oxygen atoms in total. The Kier molecular flexibility index (Phi) is 2.63. The van der Waals surface area contributed by atoms with Crippen molar-refractivity contribution in [3.63, 3.8) is 0 Å². The van der Waals surface area contributed by atoms with Crippen molar-refractivity contribution in [2.75, 3.05) is 6.61 Å². The molecule has 0 saturated carbocycles. The maximum Gasteiger partial charge on any atom is 0.268 e. The highest BCUT2D eigenvalue weighted by molar-refractivity contribution is 5.90. The van der Waals surface area contributed by atoms with Gasteiger partial charge in [-0.15, -0.1) is 0 Å². The van der Waals surface area contributed by atoms with Crippen LogP contribution in [0.25, 0.3) is 0 Å². The second-order valence-electron chi connectivity index (χ2n) is 2.08. The van der Waals surface area contributed by atoms with Gasteiger partial charge in [-0.2, -0.15) is 0 Å². The summed E-state index contributed by atoms with van der Waals surface area (Å²) in [7, 11) is 0. The van der Waals surface area contributed by atoms with Gasteiger partial charge in [-0.1, -0.05) is 0 Å². The quantitative estimate of drug-likeness (QED) is 0.704. The second kappa shape index (κ2) is 3.71. The average Bonchev–Trinajstić information content (AvgIpc) is 2.05. The van der Waals surface area contributed by atoms with E-state index in [1.54, 1.807) is 6.07 Å². The summed E-state index contributed by atoms with van der Waals surface area (Å²) in [5.41, 5.74) is 5.09. The van der Waals surface area contributed by atoms with Crippen LogP contribution in [0.15, 0.2) is 12.3 Å². The Morgan fingerprint density at radius 3 is 3.17 bits per heavy atom. The van der Waals surface area contributed by atoms with Crippen LogP contribution in [0, 0.1) is 6.07 Å². The Balaban J connectivity index is 2.88. The summed E-state index contributed by atoms with van der Waals surface area (Å²) in [5.74, 6) is -0.113. The van der Waals surface area contributed by atoms with E-state index < -0.39 is 5.91 Å². The average molecular weight is 165 g/mol. The molecule has 0 atom stereocenters. The monoisotopic (exact) mass is 165 g/mol. The first kappa shape index (κ1) is 8.52. The van der Waals surface area contributed by atoms with E-state index >= 15 is 0 Å². The first-order chi connectivity index (χ1) is 5.74. The first-order valence-electron chi connectivity index (χ1n) is 3.55. The summed E-state index contributed by atoms with van der Waals surface area (Å²) in [6.45, 7) is 2.37. The molecule has 0 saturated heterocycles. The maximum atomic E-state index is 10.6. The molecule has 1 aromatic heterocycles. The lowest BCUT2D eigenvalue weighted by molar-refractivity contribution is 0.0994. The molecule has 0 bridgehead atoms. The van der Waals surface area contributed by atoms with Gasteiger partial charge in [0.25, 0.3) is 5.91 Å². The number of hydrogen-bond donors (Lipinski definition) is 1. The van der Waals surface area contributed by atoms with Gasteiger partial charge in [0.05, 0.1) is 12.7 Å². The number of carbonyl (C=O) groups excluding carboxylic acids is 1. The van der Waals surface area contributed by atoms with Crippen molar-refractivity contribution in [2.24, 2.45) is 5.73 Å².